The minimum absolute atomic E-state index is 0. The highest BCUT2D eigenvalue weighted by Crippen LogP contribution is 2.33. The van der Waals surface area contributed by atoms with Crippen LogP contribution in [0.4, 0.5) is 5.82 Å². The van der Waals surface area contributed by atoms with E-state index in [1.54, 1.807) is 0 Å². The Morgan fingerprint density at radius 3 is 1.14 bits per heavy atom. The summed E-state index contributed by atoms with van der Waals surface area (Å²) in [5.41, 5.74) is 21.6. The number of pyridine rings is 6. The van der Waals surface area contributed by atoms with Crippen LogP contribution in [-0.4, -0.2) is 43.0 Å². The fraction of sp³-hybridized carbons (Fsp3) is 0.546. The molecular weight excluding hydrogens is 1260 g/mol. The first-order valence-corrected chi connectivity index (χ1v) is 37.7. The number of fused-ring (bicyclic) bond motifs is 1. The summed E-state index contributed by atoms with van der Waals surface area (Å²) in [6.45, 7) is 64.8. The number of aromatic nitrogens is 6. The van der Waals surface area contributed by atoms with Gasteiger partial charge in [-0.2, -0.15) is 0 Å². The standard InChI is InChI=1S/C16H19N.C14H22N2.2C13H21N.C13H16.2C12H19N.4CH4/c1-16(2,3)14-9-10-17-15(12-14)11-13-7-5-4-6-8-13;1-14(2,3)12-7-8-15-13(11-12)16-9-5-4-6-10-16;1-12(2,3)10-7-8-14-11(9-10)13(4,5)6;1-10(2)8-12-9-11(6-7-14-12)13(3,4)5;1-13(2,3)12-9-5-7-10-6-4-8-11(10)12;2*1-5-6-11-9-10(7-8-13-11)12(2,3)4;;;;/h4-10,12H,11H2,1-3H3;7-8,11H,4-6,9-10H2,1-3H3;7-9H,1-6H3;6-7,9-10H,8H2,1-5H3;4-5,7-9H,6H2,1-3H3;2*7-9H,5-6H2,1-4H3;4*1H4. The minimum atomic E-state index is 0. The summed E-state index contributed by atoms with van der Waals surface area (Å²) >= 11 is 0. The smallest absolute Gasteiger partial charge is 0.128 e. The molecule has 7 nitrogen and oxygen atoms in total. The average Bonchev–Trinajstić information content (AvgIpc) is 1.59. The number of hydrogen-bond acceptors (Lipinski definition) is 7. The second kappa shape index (κ2) is 43.5. The summed E-state index contributed by atoms with van der Waals surface area (Å²) in [5.74, 6) is 1.84. The lowest BCUT2D eigenvalue weighted by Gasteiger charge is -2.29. The van der Waals surface area contributed by atoms with E-state index in [9.17, 15) is 0 Å². The number of allylic oxidation sites excluding steroid dienone is 1. The van der Waals surface area contributed by atoms with Gasteiger partial charge in [0.2, 0.25) is 0 Å². The van der Waals surface area contributed by atoms with E-state index >= 15 is 0 Å². The van der Waals surface area contributed by atoms with Crippen LogP contribution in [0.1, 0.15) is 340 Å². The third kappa shape index (κ3) is 34.9. The first-order chi connectivity index (χ1) is 46.4. The largest absolute Gasteiger partial charge is 0.357 e. The van der Waals surface area contributed by atoms with Crippen molar-refractivity contribution in [1.29, 1.82) is 0 Å². The average molecular weight is 1420 g/mol. The van der Waals surface area contributed by atoms with Crippen LogP contribution in [0.2, 0.25) is 0 Å². The molecule has 6 aromatic heterocycles. The third-order valence-corrected chi connectivity index (χ3v) is 17.9. The van der Waals surface area contributed by atoms with E-state index in [2.05, 4.69) is 356 Å². The van der Waals surface area contributed by atoms with Gasteiger partial charge in [0.25, 0.3) is 0 Å². The summed E-state index contributed by atoms with van der Waals surface area (Å²) in [4.78, 5) is 28.9. The minimum Gasteiger partial charge on any atom is -0.357 e. The second-order valence-electron chi connectivity index (χ2n) is 36.3. The van der Waals surface area contributed by atoms with Crippen LogP contribution < -0.4 is 4.90 Å². The van der Waals surface area contributed by atoms with Crippen LogP contribution in [0.15, 0.2) is 165 Å². The van der Waals surface area contributed by atoms with Gasteiger partial charge in [-0.15, -0.1) is 0 Å². The molecule has 0 saturated carbocycles. The Bertz CT molecular complexity index is 3610. The molecule has 104 heavy (non-hydrogen) atoms. The molecule has 1 aliphatic carbocycles. The predicted molar refractivity (Wildman–Crippen MR) is 463 cm³/mol. The van der Waals surface area contributed by atoms with Gasteiger partial charge in [0.1, 0.15) is 5.82 Å². The predicted octanol–water partition coefficient (Wildman–Crippen LogP) is 27.4. The van der Waals surface area contributed by atoms with E-state index in [0.717, 1.165) is 43.6 Å². The van der Waals surface area contributed by atoms with Gasteiger partial charge in [0.05, 0.1) is 0 Å². The van der Waals surface area contributed by atoms with Crippen molar-refractivity contribution in [2.24, 2.45) is 5.92 Å². The Morgan fingerprint density at radius 2 is 0.740 bits per heavy atom. The fourth-order valence-corrected chi connectivity index (χ4v) is 11.4. The molecule has 1 saturated heterocycles. The Hall–Kier alpha value is -7.12. The van der Waals surface area contributed by atoms with E-state index < -0.39 is 0 Å². The van der Waals surface area contributed by atoms with Gasteiger partial charge in [0.15, 0.2) is 0 Å². The number of anilines is 1. The molecular formula is C97H153N7. The molecule has 0 spiro atoms. The van der Waals surface area contributed by atoms with Crippen LogP contribution >= 0.6 is 0 Å². The van der Waals surface area contributed by atoms with Crippen molar-refractivity contribution in [3.05, 3.63) is 249 Å². The molecule has 2 aromatic carbocycles. The van der Waals surface area contributed by atoms with Gasteiger partial charge >= 0.3 is 0 Å². The molecule has 7 heterocycles. The maximum absolute atomic E-state index is 4.50. The summed E-state index contributed by atoms with van der Waals surface area (Å²) in [6, 6.07) is 43.2. The molecule has 7 heteroatoms. The molecule has 1 aliphatic heterocycles. The van der Waals surface area contributed by atoms with Crippen LogP contribution in [0.5, 0.6) is 0 Å². The van der Waals surface area contributed by atoms with Gasteiger partial charge in [-0.05, 0) is 217 Å². The molecule has 0 unspecified atom stereocenters. The normalized spacial score (nSPS) is 12.7. The van der Waals surface area contributed by atoms with E-state index in [-0.39, 0.29) is 73.0 Å². The molecule has 576 valence electrons. The molecule has 2 aliphatic rings. The second-order valence-corrected chi connectivity index (χ2v) is 36.3. The maximum atomic E-state index is 4.50. The Labute approximate surface area is 641 Å². The van der Waals surface area contributed by atoms with E-state index in [0.29, 0.717) is 5.92 Å². The number of benzene rings is 2. The van der Waals surface area contributed by atoms with Crippen molar-refractivity contribution < 1.29 is 0 Å². The maximum Gasteiger partial charge on any atom is 0.128 e. The number of rotatable bonds is 9. The molecule has 8 aromatic rings. The van der Waals surface area contributed by atoms with Crippen LogP contribution in [0, 0.1) is 5.92 Å². The van der Waals surface area contributed by atoms with Crippen molar-refractivity contribution in [3.8, 4) is 0 Å². The van der Waals surface area contributed by atoms with Crippen LogP contribution in [-0.2, 0) is 75.4 Å². The number of piperidine rings is 1. The molecule has 0 bridgehead atoms. The highest BCUT2D eigenvalue weighted by Gasteiger charge is 2.23. The molecule has 0 atom stereocenters. The van der Waals surface area contributed by atoms with E-state index in [1.807, 2.05) is 43.2 Å². The Balaban J connectivity index is 0.00000119. The SMILES string of the molecule is C.C.C.C.CC(C)(C)c1cccc2c1C=CC2.CC(C)(C)c1ccnc(C(C)(C)C)c1.CC(C)(C)c1ccnc(Cc2ccccc2)c1.CC(C)(C)c1ccnc(N2CCCCC2)c1.CC(C)Cc1cc(C(C)(C)C)ccn1.CCCc1cc(C(C)(C)C)ccn1.CCCc1cc(C(C)(C)C)ccn1. The molecule has 10 rings (SSSR count). The topological polar surface area (TPSA) is 80.6 Å². The van der Waals surface area contributed by atoms with Gasteiger partial charge < -0.3 is 4.90 Å². The Morgan fingerprint density at radius 1 is 0.365 bits per heavy atom. The number of nitrogens with zero attached hydrogens (tertiary/aromatic N) is 7. The van der Waals surface area contributed by atoms with Crippen molar-refractivity contribution in [3.63, 3.8) is 0 Å². The highest BCUT2D eigenvalue weighted by atomic mass is 15.2. The first-order valence-electron chi connectivity index (χ1n) is 37.7. The van der Waals surface area contributed by atoms with Gasteiger partial charge in [0, 0.05) is 90.6 Å². The lowest BCUT2D eigenvalue weighted by Crippen LogP contribution is -2.30. The van der Waals surface area contributed by atoms with Gasteiger partial charge in [-0.25, -0.2) is 4.98 Å². The Kier molecular flexibility index (Phi) is 40.5. The van der Waals surface area contributed by atoms with Crippen molar-refractivity contribution in [2.45, 2.75) is 331 Å². The summed E-state index contributed by atoms with van der Waals surface area (Å²) in [5, 5.41) is 0. The quantitative estimate of drug-likeness (QED) is 0.142. The monoisotopic (exact) mass is 1420 g/mol. The molecule has 0 amide bonds. The zero-order valence-electron chi connectivity index (χ0n) is 68.4. The number of aryl methyl sites for hydroxylation is 2. The van der Waals surface area contributed by atoms with E-state index in [4.69, 9.17) is 0 Å². The third-order valence-electron chi connectivity index (χ3n) is 17.9. The number of hydrogen-bond donors (Lipinski definition) is 0. The molecule has 0 radical (unpaired) electrons. The van der Waals surface area contributed by atoms with Crippen LogP contribution in [0.25, 0.3) is 6.08 Å². The zero-order chi connectivity index (χ0) is 74.9. The van der Waals surface area contributed by atoms with Gasteiger partial charge in [-0.3, -0.25) is 24.9 Å². The van der Waals surface area contributed by atoms with Gasteiger partial charge in [-0.1, -0.05) is 297 Å². The van der Waals surface area contributed by atoms with E-state index in [1.165, 1.54) is 124 Å². The van der Waals surface area contributed by atoms with Crippen molar-refractivity contribution >= 4 is 11.9 Å². The van der Waals surface area contributed by atoms with Crippen LogP contribution in [0.3, 0.4) is 0 Å². The summed E-state index contributed by atoms with van der Waals surface area (Å²) in [6.07, 6.45) is 27.6. The van der Waals surface area contributed by atoms with Crippen molar-refractivity contribution in [2.75, 3.05) is 18.0 Å². The summed E-state index contributed by atoms with van der Waals surface area (Å²) in [7, 11) is 0. The van der Waals surface area contributed by atoms with Crippen molar-refractivity contribution in [1.82, 2.24) is 29.9 Å². The fourth-order valence-electron chi connectivity index (χ4n) is 11.4. The lowest BCUT2D eigenvalue weighted by molar-refractivity contribution is 0.552. The summed E-state index contributed by atoms with van der Waals surface area (Å²) < 4.78 is 0. The molecule has 0 N–H and O–H groups in total. The highest BCUT2D eigenvalue weighted by molar-refractivity contribution is 5.64. The zero-order valence-corrected chi connectivity index (χ0v) is 68.4. The first kappa shape index (κ1) is 96.9. The molecule has 1 fully saturated rings. The lowest BCUT2D eigenvalue weighted by atomic mass is 9.83.